The number of aliphatic hydroxyl groups excluding tert-OH is 1. The average Bonchev–Trinajstić information content (AvgIpc) is 3.56. The Hall–Kier alpha value is -3.49. The third-order valence-electron chi connectivity index (χ3n) is 6.22. The number of methoxy groups -OCH3 is 1. The number of anilines is 1. The lowest BCUT2D eigenvalue weighted by Crippen LogP contribution is -2.28. The SMILES string of the molecule is COc1ccc(/C(O)=C2\C(=O)C(=O)N(c3nc4ccc(C(C)C)cc4s3)C2c2cccs2)c(C)c1. The van der Waals surface area contributed by atoms with Crippen LogP contribution in [0.5, 0.6) is 5.75 Å². The minimum absolute atomic E-state index is 0.0628. The highest BCUT2D eigenvalue weighted by atomic mass is 32.1. The number of fused-ring (bicyclic) bond motifs is 1. The van der Waals surface area contributed by atoms with Crippen LogP contribution < -0.4 is 9.64 Å². The Morgan fingerprint density at radius 3 is 2.60 bits per heavy atom. The van der Waals surface area contributed by atoms with Gasteiger partial charge in [-0.15, -0.1) is 11.3 Å². The predicted octanol–water partition coefficient (Wildman–Crippen LogP) is 6.42. The molecule has 6 nitrogen and oxygen atoms in total. The lowest BCUT2D eigenvalue weighted by atomic mass is 9.97. The van der Waals surface area contributed by atoms with Crippen molar-refractivity contribution < 1.29 is 19.4 Å². The van der Waals surface area contributed by atoms with E-state index in [1.165, 1.54) is 33.1 Å². The van der Waals surface area contributed by atoms with Crippen LogP contribution in [0.2, 0.25) is 0 Å². The van der Waals surface area contributed by atoms with Gasteiger partial charge in [0.1, 0.15) is 17.6 Å². The van der Waals surface area contributed by atoms with Crippen LogP contribution in [0.25, 0.3) is 16.0 Å². The van der Waals surface area contributed by atoms with Gasteiger partial charge in [-0.1, -0.05) is 37.3 Å². The van der Waals surface area contributed by atoms with Crippen molar-refractivity contribution in [3.05, 3.63) is 81.1 Å². The van der Waals surface area contributed by atoms with E-state index >= 15 is 0 Å². The van der Waals surface area contributed by atoms with Crippen molar-refractivity contribution in [3.8, 4) is 5.75 Å². The zero-order valence-corrected chi connectivity index (χ0v) is 21.4. The molecule has 8 heteroatoms. The van der Waals surface area contributed by atoms with E-state index < -0.39 is 17.7 Å². The number of hydrogen-bond donors (Lipinski definition) is 1. The molecule has 0 bridgehead atoms. The molecule has 1 aliphatic heterocycles. The van der Waals surface area contributed by atoms with Gasteiger partial charge in [0.05, 0.1) is 22.9 Å². The first-order valence-corrected chi connectivity index (χ1v) is 12.9. The van der Waals surface area contributed by atoms with Gasteiger partial charge in [-0.25, -0.2) is 4.98 Å². The van der Waals surface area contributed by atoms with E-state index in [2.05, 4.69) is 19.9 Å². The fourth-order valence-electron chi connectivity index (χ4n) is 4.31. The van der Waals surface area contributed by atoms with E-state index in [1.54, 1.807) is 25.3 Å². The summed E-state index contributed by atoms with van der Waals surface area (Å²) in [6.45, 7) is 6.08. The number of aromatic nitrogens is 1. The second-order valence-corrected chi connectivity index (χ2v) is 10.7. The Kier molecular flexibility index (Phi) is 5.94. The summed E-state index contributed by atoms with van der Waals surface area (Å²) in [4.78, 5) is 33.6. The monoisotopic (exact) mass is 504 g/mol. The molecule has 1 N–H and O–H groups in total. The molecule has 0 aliphatic carbocycles. The molecule has 4 aromatic rings. The molecule has 5 rings (SSSR count). The Morgan fingerprint density at radius 1 is 1.14 bits per heavy atom. The molecular formula is C27H24N2O4S2. The molecule has 178 valence electrons. The first kappa shape index (κ1) is 23.3. The third-order valence-corrected chi connectivity index (χ3v) is 8.16. The van der Waals surface area contributed by atoms with Gasteiger partial charge in [-0.05, 0) is 65.7 Å². The maximum atomic E-state index is 13.4. The minimum atomic E-state index is -0.762. The van der Waals surface area contributed by atoms with Crippen molar-refractivity contribution in [2.75, 3.05) is 12.0 Å². The summed E-state index contributed by atoms with van der Waals surface area (Å²) in [6.07, 6.45) is 0. The molecule has 1 amide bonds. The van der Waals surface area contributed by atoms with Crippen LogP contribution >= 0.6 is 22.7 Å². The van der Waals surface area contributed by atoms with Gasteiger partial charge in [0, 0.05) is 10.4 Å². The number of rotatable bonds is 5. The number of thiazole rings is 1. The molecule has 1 unspecified atom stereocenters. The van der Waals surface area contributed by atoms with E-state index in [0.29, 0.717) is 22.4 Å². The fourth-order valence-corrected chi connectivity index (χ4v) is 6.18. The van der Waals surface area contributed by atoms with Crippen LogP contribution in [0, 0.1) is 6.92 Å². The molecule has 2 aromatic carbocycles. The summed E-state index contributed by atoms with van der Waals surface area (Å²) in [6, 6.07) is 14.2. The molecular weight excluding hydrogens is 480 g/mol. The van der Waals surface area contributed by atoms with Gasteiger partial charge in [-0.2, -0.15) is 0 Å². The normalized spacial score (nSPS) is 17.6. The summed E-state index contributed by atoms with van der Waals surface area (Å²) in [5, 5.41) is 13.7. The van der Waals surface area contributed by atoms with Crippen molar-refractivity contribution in [2.24, 2.45) is 0 Å². The summed E-state index contributed by atoms with van der Waals surface area (Å²) in [5.74, 6) is -0.618. The van der Waals surface area contributed by atoms with Crippen LogP contribution in [0.4, 0.5) is 5.13 Å². The number of hydrogen-bond acceptors (Lipinski definition) is 7. The van der Waals surface area contributed by atoms with Gasteiger partial charge in [0.25, 0.3) is 5.78 Å². The first-order chi connectivity index (χ1) is 16.8. The topological polar surface area (TPSA) is 79.7 Å². The number of amides is 1. The number of thiophene rings is 1. The van der Waals surface area contributed by atoms with Gasteiger partial charge in [0.2, 0.25) is 0 Å². The zero-order chi connectivity index (χ0) is 24.9. The van der Waals surface area contributed by atoms with Crippen molar-refractivity contribution >= 4 is 55.5 Å². The summed E-state index contributed by atoms with van der Waals surface area (Å²) >= 11 is 2.80. The quantitative estimate of drug-likeness (QED) is 0.193. The van der Waals surface area contributed by atoms with Crippen LogP contribution in [-0.4, -0.2) is 28.9 Å². The molecule has 35 heavy (non-hydrogen) atoms. The van der Waals surface area contributed by atoms with E-state index in [0.717, 1.165) is 20.7 Å². The Morgan fingerprint density at radius 2 is 1.94 bits per heavy atom. The number of carbonyl (C=O) groups excluding carboxylic acids is 2. The molecule has 1 aliphatic rings. The van der Waals surface area contributed by atoms with Gasteiger partial charge >= 0.3 is 5.91 Å². The molecule has 1 atom stereocenters. The highest BCUT2D eigenvalue weighted by Crippen LogP contribution is 2.46. The second kappa shape index (κ2) is 8.94. The standard InChI is InChI=1S/C27H24N2O4S2/c1-14(2)16-7-10-19-21(13-16)35-27(28-19)29-23(20-6-5-11-34-20)22(25(31)26(29)32)24(30)18-9-8-17(33-4)12-15(18)3/h5-14,23,30H,1-4H3/b24-22+. The second-order valence-electron chi connectivity index (χ2n) is 8.74. The Labute approximate surface area is 211 Å². The first-order valence-electron chi connectivity index (χ1n) is 11.2. The number of nitrogens with zero attached hydrogens (tertiary/aromatic N) is 2. The number of aryl methyl sites for hydroxylation is 1. The van der Waals surface area contributed by atoms with Crippen LogP contribution in [0.1, 0.15) is 47.4 Å². The van der Waals surface area contributed by atoms with Crippen LogP contribution in [0.15, 0.2) is 59.5 Å². The fraction of sp³-hybridized carbons (Fsp3) is 0.222. The summed E-state index contributed by atoms with van der Waals surface area (Å²) in [7, 11) is 1.57. The van der Waals surface area contributed by atoms with Gasteiger partial charge in [-0.3, -0.25) is 14.5 Å². The molecule has 0 saturated carbocycles. The van der Waals surface area contributed by atoms with E-state index in [-0.39, 0.29) is 11.3 Å². The van der Waals surface area contributed by atoms with Gasteiger partial charge in [0.15, 0.2) is 5.13 Å². The van der Waals surface area contributed by atoms with E-state index in [4.69, 9.17) is 9.72 Å². The number of ketones is 1. The molecule has 1 fully saturated rings. The maximum absolute atomic E-state index is 13.4. The minimum Gasteiger partial charge on any atom is -0.507 e. The number of Topliss-reactive ketones (excluding diaryl/α,β-unsaturated/α-hetero) is 1. The molecule has 1 saturated heterocycles. The molecule has 0 radical (unpaired) electrons. The molecule has 2 aromatic heterocycles. The highest BCUT2D eigenvalue weighted by Gasteiger charge is 2.48. The maximum Gasteiger partial charge on any atom is 0.301 e. The van der Waals surface area contributed by atoms with E-state index in [1.807, 2.05) is 36.6 Å². The van der Waals surface area contributed by atoms with Crippen molar-refractivity contribution in [1.29, 1.82) is 0 Å². The lowest BCUT2D eigenvalue weighted by molar-refractivity contribution is -0.132. The van der Waals surface area contributed by atoms with Gasteiger partial charge < -0.3 is 9.84 Å². The lowest BCUT2D eigenvalue weighted by Gasteiger charge is -2.21. The zero-order valence-electron chi connectivity index (χ0n) is 19.7. The third kappa shape index (κ3) is 3.92. The number of ether oxygens (including phenoxy) is 1. The average molecular weight is 505 g/mol. The Bertz CT molecular complexity index is 1480. The molecule has 3 heterocycles. The largest absolute Gasteiger partial charge is 0.507 e. The van der Waals surface area contributed by atoms with Crippen LogP contribution in [0.3, 0.4) is 0 Å². The Balaban J connectivity index is 1.68. The van der Waals surface area contributed by atoms with Crippen molar-refractivity contribution in [3.63, 3.8) is 0 Å². The highest BCUT2D eigenvalue weighted by molar-refractivity contribution is 7.22. The van der Waals surface area contributed by atoms with Crippen LogP contribution in [-0.2, 0) is 9.59 Å². The molecule has 0 spiro atoms. The van der Waals surface area contributed by atoms with E-state index in [9.17, 15) is 14.7 Å². The predicted molar refractivity (Wildman–Crippen MR) is 141 cm³/mol. The van der Waals surface area contributed by atoms with Crippen molar-refractivity contribution in [1.82, 2.24) is 4.98 Å². The number of carbonyl (C=O) groups is 2. The summed E-state index contributed by atoms with van der Waals surface area (Å²) < 4.78 is 6.22. The smallest absolute Gasteiger partial charge is 0.301 e. The number of aliphatic hydroxyl groups is 1. The number of benzene rings is 2. The summed E-state index contributed by atoms with van der Waals surface area (Å²) in [5.41, 5.74) is 3.23. The van der Waals surface area contributed by atoms with Crippen molar-refractivity contribution in [2.45, 2.75) is 32.7 Å².